The van der Waals surface area contributed by atoms with Gasteiger partial charge in [0.05, 0.1) is 25.5 Å². The smallest absolute Gasteiger partial charge is 0.333 e. The predicted octanol–water partition coefficient (Wildman–Crippen LogP) is 2.10. The third-order valence-corrected chi connectivity index (χ3v) is 4.29. The molecule has 0 aliphatic heterocycles. The Morgan fingerprint density at radius 2 is 1.75 bits per heavy atom. The van der Waals surface area contributed by atoms with Crippen LogP contribution in [-0.2, 0) is 19.6 Å². The van der Waals surface area contributed by atoms with E-state index in [1.165, 1.54) is 12.1 Å². The summed E-state index contributed by atoms with van der Waals surface area (Å²) < 4.78 is 37.0. The van der Waals surface area contributed by atoms with Gasteiger partial charge in [0.15, 0.2) is 0 Å². The van der Waals surface area contributed by atoms with Crippen LogP contribution in [0.3, 0.4) is 0 Å². The van der Waals surface area contributed by atoms with Gasteiger partial charge in [-0.1, -0.05) is 24.3 Å². The van der Waals surface area contributed by atoms with Crippen LogP contribution >= 0.6 is 0 Å². The lowest BCUT2D eigenvalue weighted by Crippen LogP contribution is -2.42. The number of benzene rings is 1. The van der Waals surface area contributed by atoms with Gasteiger partial charge >= 0.3 is 5.97 Å². The molecule has 0 aromatic heterocycles. The summed E-state index contributed by atoms with van der Waals surface area (Å²) in [5, 5.41) is 0. The van der Waals surface area contributed by atoms with Gasteiger partial charge in [0.1, 0.15) is 23.3 Å². The molecule has 7 heteroatoms. The van der Waals surface area contributed by atoms with E-state index >= 15 is 0 Å². The summed E-state index contributed by atoms with van der Waals surface area (Å²) in [6, 6.07) is 5.78. The third-order valence-electron chi connectivity index (χ3n) is 3.44. The van der Waals surface area contributed by atoms with E-state index in [1.807, 2.05) is 6.92 Å². The van der Waals surface area contributed by atoms with Crippen LogP contribution in [-0.4, -0.2) is 57.2 Å². The molecule has 1 aromatic carbocycles. The molecule has 0 saturated heterocycles. The summed E-state index contributed by atoms with van der Waals surface area (Å²) in [5.74, 6) is -0.295. The van der Waals surface area contributed by atoms with Crippen molar-refractivity contribution in [2.75, 3.05) is 33.8 Å². The highest BCUT2D eigenvalue weighted by atomic mass is 32.2. The van der Waals surface area contributed by atoms with Crippen molar-refractivity contribution in [2.45, 2.75) is 25.7 Å². The maximum Gasteiger partial charge on any atom is 0.333 e. The Kier molecular flexibility index (Phi) is 8.88. The normalized spacial score (nSPS) is 11.2. The molecule has 0 radical (unpaired) electrons. The number of hydrogen-bond acceptors (Lipinski definition) is 5. The van der Waals surface area contributed by atoms with Crippen molar-refractivity contribution in [3.8, 4) is 0 Å². The molecule has 136 valence electrons. The molecule has 0 heterocycles. The summed E-state index contributed by atoms with van der Waals surface area (Å²) in [5.41, 5.74) is 1.39. The van der Waals surface area contributed by atoms with E-state index in [-0.39, 0.29) is 10.9 Å². The second-order valence-electron chi connectivity index (χ2n) is 6.16. The summed E-state index contributed by atoms with van der Waals surface area (Å²) in [7, 11) is -0.0581. The quantitative estimate of drug-likeness (QED) is 0.337. The zero-order chi connectivity index (χ0) is 19.0. The molecule has 1 aromatic rings. The van der Waals surface area contributed by atoms with E-state index in [9.17, 15) is 17.8 Å². The second kappa shape index (κ2) is 9.56. The average molecular weight is 357 g/mol. The van der Waals surface area contributed by atoms with Gasteiger partial charge in [-0.2, -0.15) is 0 Å². The highest BCUT2D eigenvalue weighted by Gasteiger charge is 2.12. The Labute approximate surface area is 145 Å². The van der Waals surface area contributed by atoms with Crippen LogP contribution in [0.2, 0.25) is 0 Å². The van der Waals surface area contributed by atoms with Crippen molar-refractivity contribution < 1.29 is 27.0 Å². The second-order valence-corrected chi connectivity index (χ2v) is 7.54. The summed E-state index contributed by atoms with van der Waals surface area (Å²) >= 11 is 0. The Balaban J connectivity index is 0.000000446. The molecule has 0 saturated carbocycles. The first-order chi connectivity index (χ1) is 10.9. The number of esters is 1. The fraction of sp³-hybridized carbons (Fsp3) is 0.471. The minimum Gasteiger partial charge on any atom is -0.744 e. The van der Waals surface area contributed by atoms with E-state index in [0.29, 0.717) is 12.2 Å². The summed E-state index contributed by atoms with van der Waals surface area (Å²) in [4.78, 5) is 10.8. The van der Waals surface area contributed by atoms with E-state index in [1.54, 1.807) is 19.1 Å². The van der Waals surface area contributed by atoms with E-state index in [2.05, 4.69) is 27.6 Å². The molecule has 0 atom stereocenters. The number of hydrogen-bond donors (Lipinski definition) is 0. The monoisotopic (exact) mass is 357 g/mol. The van der Waals surface area contributed by atoms with Crippen LogP contribution in [0.5, 0.6) is 0 Å². The zero-order valence-corrected chi connectivity index (χ0v) is 15.9. The maximum absolute atomic E-state index is 11.0. The number of likely N-dealkylation sites (N-methyl/N-ethyl adjacent to an activating group) is 1. The van der Waals surface area contributed by atoms with E-state index in [4.69, 9.17) is 4.74 Å². The van der Waals surface area contributed by atoms with Gasteiger partial charge in [-0.15, -0.1) is 0 Å². The lowest BCUT2D eigenvalue weighted by Gasteiger charge is -2.27. The number of aryl methyl sites for hydroxylation is 1. The molecular weight excluding hydrogens is 330 g/mol. The van der Waals surface area contributed by atoms with Crippen LogP contribution in [0.15, 0.2) is 41.3 Å². The minimum absolute atomic E-state index is 0.178. The topological polar surface area (TPSA) is 83.5 Å². The number of carbonyl (C=O) groups excluding carboxylic acids is 1. The highest BCUT2D eigenvalue weighted by Crippen LogP contribution is 2.08. The fourth-order valence-corrected chi connectivity index (χ4v) is 1.84. The first-order valence-corrected chi connectivity index (χ1v) is 8.97. The first kappa shape index (κ1) is 22.3. The molecule has 0 aliphatic carbocycles. The van der Waals surface area contributed by atoms with E-state index < -0.39 is 10.1 Å². The van der Waals surface area contributed by atoms with Crippen LogP contribution in [0.4, 0.5) is 0 Å². The molecule has 24 heavy (non-hydrogen) atoms. The van der Waals surface area contributed by atoms with Crippen molar-refractivity contribution in [3.05, 3.63) is 42.0 Å². The van der Waals surface area contributed by atoms with Crippen molar-refractivity contribution in [1.29, 1.82) is 0 Å². The van der Waals surface area contributed by atoms with Gasteiger partial charge in [-0.25, -0.2) is 13.2 Å². The van der Waals surface area contributed by atoms with Crippen LogP contribution in [0, 0.1) is 6.92 Å². The molecule has 0 amide bonds. The van der Waals surface area contributed by atoms with Gasteiger partial charge in [0, 0.05) is 5.57 Å². The minimum atomic E-state index is -4.27. The van der Waals surface area contributed by atoms with Crippen molar-refractivity contribution in [1.82, 2.24) is 0 Å². The molecule has 0 unspecified atom stereocenters. The Bertz CT molecular complexity index is 648. The largest absolute Gasteiger partial charge is 0.744 e. The number of nitrogens with zero attached hydrogens (tertiary/aromatic N) is 1. The first-order valence-electron chi connectivity index (χ1n) is 7.56. The van der Waals surface area contributed by atoms with Gasteiger partial charge in [0.25, 0.3) is 0 Å². The van der Waals surface area contributed by atoms with Crippen molar-refractivity contribution in [2.24, 2.45) is 0 Å². The fourth-order valence-electron chi connectivity index (χ4n) is 1.37. The average Bonchev–Trinajstić information content (AvgIpc) is 2.47. The predicted molar refractivity (Wildman–Crippen MR) is 92.4 cm³/mol. The van der Waals surface area contributed by atoms with Gasteiger partial charge in [-0.05, 0) is 32.9 Å². The SMILES string of the molecule is C=C(C)C(=O)OCC[N+](C)(C)CC.Cc1ccc(S(=O)(=O)[O-])cc1. The zero-order valence-electron chi connectivity index (χ0n) is 15.0. The number of quaternary nitrogens is 1. The molecule has 0 aliphatic rings. The standard InChI is InChI=1S/C10H20NO2.C7H8O3S/c1-6-11(4,5)7-8-13-10(12)9(2)3;1-6-2-4-7(5-3-6)11(8,9)10/h2,6-8H2,1,3-5H3;2-5H,1H3,(H,8,9,10)/q+1;/p-1. The Hall–Kier alpha value is -1.70. The molecule has 0 bridgehead atoms. The lowest BCUT2D eigenvalue weighted by molar-refractivity contribution is -0.888. The number of carbonyl (C=O) groups is 1. The number of rotatable bonds is 6. The third kappa shape index (κ3) is 9.44. The van der Waals surface area contributed by atoms with Crippen molar-refractivity contribution in [3.63, 3.8) is 0 Å². The van der Waals surface area contributed by atoms with Gasteiger partial charge < -0.3 is 13.8 Å². The molecule has 6 nitrogen and oxygen atoms in total. The summed E-state index contributed by atoms with van der Waals surface area (Å²) in [6.45, 7) is 11.4. The molecule has 1 rings (SSSR count). The molecule has 0 spiro atoms. The number of ether oxygens (including phenoxy) is 1. The van der Waals surface area contributed by atoms with Crippen molar-refractivity contribution >= 4 is 16.1 Å². The van der Waals surface area contributed by atoms with E-state index in [0.717, 1.165) is 23.1 Å². The molecule has 0 fully saturated rings. The van der Waals surface area contributed by atoms with Crippen LogP contribution in [0.25, 0.3) is 0 Å². The van der Waals surface area contributed by atoms with Crippen LogP contribution in [0.1, 0.15) is 19.4 Å². The Morgan fingerprint density at radius 3 is 2.12 bits per heavy atom. The molecule has 0 N–H and O–H groups in total. The van der Waals surface area contributed by atoms with Crippen LogP contribution < -0.4 is 0 Å². The maximum atomic E-state index is 11.0. The van der Waals surface area contributed by atoms with Gasteiger partial charge in [0.2, 0.25) is 0 Å². The Morgan fingerprint density at radius 1 is 1.25 bits per heavy atom. The summed E-state index contributed by atoms with van der Waals surface area (Å²) in [6.07, 6.45) is 0. The highest BCUT2D eigenvalue weighted by molar-refractivity contribution is 7.85. The lowest BCUT2D eigenvalue weighted by atomic mass is 10.2. The molecular formula is C17H27NO5S. The van der Waals surface area contributed by atoms with Gasteiger partial charge in [-0.3, -0.25) is 0 Å².